The molecule has 0 fully saturated rings. The number of hydrogen-bond acceptors (Lipinski definition) is 3. The summed E-state index contributed by atoms with van der Waals surface area (Å²) >= 11 is 6.19. The Morgan fingerprint density at radius 2 is 1.61 bits per heavy atom. The van der Waals surface area contributed by atoms with E-state index in [2.05, 4.69) is 4.98 Å². The van der Waals surface area contributed by atoms with Crippen LogP contribution in [-0.4, -0.2) is 21.7 Å². The third-order valence-corrected chi connectivity index (χ3v) is 4.34. The van der Waals surface area contributed by atoms with E-state index in [-0.39, 0.29) is 18.4 Å². The van der Waals surface area contributed by atoms with Crippen LogP contribution in [0.2, 0.25) is 5.02 Å². The number of fused-ring (bicyclic) bond motifs is 2. The van der Waals surface area contributed by atoms with E-state index in [4.69, 9.17) is 11.6 Å². The molecule has 2 aromatic carbocycles. The number of benzene rings is 2. The number of rotatable bonds is 2. The van der Waals surface area contributed by atoms with E-state index in [9.17, 15) is 9.59 Å². The topological polar surface area (TPSA) is 50.3 Å². The number of pyridine rings is 1. The number of carbonyl (C=O) groups excluding carboxylic acids is 2. The fraction of sp³-hybridized carbons (Fsp3) is 0.0556. The van der Waals surface area contributed by atoms with Crippen LogP contribution in [0.3, 0.4) is 0 Å². The molecule has 2 heterocycles. The molecule has 112 valence electrons. The highest BCUT2D eigenvalue weighted by atomic mass is 35.5. The van der Waals surface area contributed by atoms with E-state index < -0.39 is 0 Å². The molecule has 0 aliphatic carbocycles. The lowest BCUT2D eigenvalue weighted by molar-refractivity contribution is 0.0643. The third-order valence-electron chi connectivity index (χ3n) is 4.01. The second-order valence-electron chi connectivity index (χ2n) is 5.35. The number of imide groups is 1. The van der Waals surface area contributed by atoms with Crippen molar-refractivity contribution < 1.29 is 9.59 Å². The monoisotopic (exact) mass is 322 g/mol. The molecular weight excluding hydrogens is 312 g/mol. The first-order valence-electron chi connectivity index (χ1n) is 7.14. The number of aromatic nitrogens is 1. The molecule has 2 amide bonds. The van der Waals surface area contributed by atoms with Gasteiger partial charge in [0, 0.05) is 16.6 Å². The molecule has 0 bridgehead atoms. The first-order chi connectivity index (χ1) is 11.2. The minimum absolute atomic E-state index is 0.178. The number of hydrogen-bond donors (Lipinski definition) is 0. The summed E-state index contributed by atoms with van der Waals surface area (Å²) in [5.41, 5.74) is 2.39. The molecule has 0 unspecified atom stereocenters. The normalized spacial score (nSPS) is 13.7. The molecule has 5 heteroatoms. The highest BCUT2D eigenvalue weighted by Crippen LogP contribution is 2.29. The summed E-state index contributed by atoms with van der Waals surface area (Å²) in [5, 5.41) is 1.41. The lowest BCUT2D eigenvalue weighted by Gasteiger charge is -2.15. The minimum atomic E-state index is -0.273. The van der Waals surface area contributed by atoms with E-state index >= 15 is 0 Å². The fourth-order valence-corrected chi connectivity index (χ4v) is 3.09. The van der Waals surface area contributed by atoms with Gasteiger partial charge in [-0.3, -0.25) is 19.5 Å². The Morgan fingerprint density at radius 1 is 0.913 bits per heavy atom. The van der Waals surface area contributed by atoms with Gasteiger partial charge in [0.05, 0.1) is 23.2 Å². The maximum atomic E-state index is 12.5. The van der Waals surface area contributed by atoms with Crippen LogP contribution in [-0.2, 0) is 6.54 Å². The summed E-state index contributed by atoms with van der Waals surface area (Å²) in [7, 11) is 0. The summed E-state index contributed by atoms with van der Waals surface area (Å²) in [6, 6.07) is 14.1. The molecule has 4 rings (SSSR count). The molecule has 23 heavy (non-hydrogen) atoms. The Hall–Kier alpha value is -2.72. The molecule has 0 radical (unpaired) electrons. The predicted molar refractivity (Wildman–Crippen MR) is 87.4 cm³/mol. The van der Waals surface area contributed by atoms with Crippen molar-refractivity contribution in [2.45, 2.75) is 6.54 Å². The molecule has 0 saturated carbocycles. The Kier molecular flexibility index (Phi) is 3.13. The van der Waals surface area contributed by atoms with Gasteiger partial charge in [0.25, 0.3) is 11.8 Å². The second-order valence-corrected chi connectivity index (χ2v) is 5.76. The van der Waals surface area contributed by atoms with Gasteiger partial charge in [0.2, 0.25) is 0 Å². The highest BCUT2D eigenvalue weighted by Gasteiger charge is 2.35. The molecule has 4 nitrogen and oxygen atoms in total. The lowest BCUT2D eigenvalue weighted by atomic mass is 10.1. The van der Waals surface area contributed by atoms with E-state index in [1.807, 2.05) is 6.07 Å². The Labute approximate surface area is 137 Å². The predicted octanol–water partition coefficient (Wildman–Crippen LogP) is 3.68. The summed E-state index contributed by atoms with van der Waals surface area (Å²) in [6.07, 6.45) is 1.67. The average Bonchev–Trinajstić information content (AvgIpc) is 2.83. The Bertz CT molecular complexity index is 933. The molecule has 0 spiro atoms. The van der Waals surface area contributed by atoms with Crippen molar-refractivity contribution in [1.82, 2.24) is 9.88 Å². The van der Waals surface area contributed by atoms with Crippen molar-refractivity contribution in [3.8, 4) is 0 Å². The number of amides is 2. The van der Waals surface area contributed by atoms with Crippen molar-refractivity contribution >= 4 is 34.3 Å². The number of carbonyl (C=O) groups is 2. The summed E-state index contributed by atoms with van der Waals surface area (Å²) in [6.45, 7) is 0.178. The lowest BCUT2D eigenvalue weighted by Crippen LogP contribution is -2.29. The molecule has 1 aliphatic heterocycles. The zero-order valence-electron chi connectivity index (χ0n) is 12.0. The van der Waals surface area contributed by atoms with Gasteiger partial charge < -0.3 is 0 Å². The molecule has 0 saturated heterocycles. The fourth-order valence-electron chi connectivity index (χ4n) is 2.88. The van der Waals surface area contributed by atoms with Gasteiger partial charge >= 0.3 is 0 Å². The summed E-state index contributed by atoms with van der Waals surface area (Å²) in [5.74, 6) is -0.547. The van der Waals surface area contributed by atoms with Gasteiger partial charge in [-0.05, 0) is 35.9 Å². The molecule has 0 atom stereocenters. The van der Waals surface area contributed by atoms with Gasteiger partial charge in [0.1, 0.15) is 0 Å². The molecule has 1 aromatic heterocycles. The smallest absolute Gasteiger partial charge is 0.261 e. The quantitative estimate of drug-likeness (QED) is 0.676. The number of halogens is 1. The van der Waals surface area contributed by atoms with E-state index in [1.54, 1.807) is 48.7 Å². The van der Waals surface area contributed by atoms with Gasteiger partial charge in [-0.15, -0.1) is 0 Å². The van der Waals surface area contributed by atoms with Crippen LogP contribution in [0.4, 0.5) is 0 Å². The van der Waals surface area contributed by atoms with Crippen LogP contribution in [0, 0.1) is 0 Å². The SMILES string of the molecule is O=C1c2ccccc2C(=O)N1Cc1ccc(Cl)c2cccnc12. The van der Waals surface area contributed by atoms with Gasteiger partial charge in [-0.25, -0.2) is 0 Å². The molecule has 0 N–H and O–H groups in total. The summed E-state index contributed by atoms with van der Waals surface area (Å²) in [4.78, 5) is 30.5. The highest BCUT2D eigenvalue weighted by molar-refractivity contribution is 6.35. The van der Waals surface area contributed by atoms with Crippen molar-refractivity contribution in [3.05, 3.63) is 76.4 Å². The average molecular weight is 323 g/mol. The maximum Gasteiger partial charge on any atom is 0.261 e. The van der Waals surface area contributed by atoms with E-state index in [0.717, 1.165) is 10.9 Å². The first-order valence-corrected chi connectivity index (χ1v) is 7.52. The van der Waals surface area contributed by atoms with Crippen molar-refractivity contribution in [2.75, 3.05) is 0 Å². The Morgan fingerprint density at radius 3 is 2.30 bits per heavy atom. The van der Waals surface area contributed by atoms with Gasteiger partial charge in [0.15, 0.2) is 0 Å². The zero-order chi connectivity index (χ0) is 16.0. The van der Waals surface area contributed by atoms with Crippen LogP contribution in [0.25, 0.3) is 10.9 Å². The third kappa shape index (κ3) is 2.11. The van der Waals surface area contributed by atoms with Crippen molar-refractivity contribution in [3.63, 3.8) is 0 Å². The maximum absolute atomic E-state index is 12.5. The molecule has 3 aromatic rings. The zero-order valence-corrected chi connectivity index (χ0v) is 12.7. The molecule has 1 aliphatic rings. The van der Waals surface area contributed by atoms with Crippen LogP contribution >= 0.6 is 11.6 Å². The van der Waals surface area contributed by atoms with Crippen LogP contribution in [0.1, 0.15) is 26.3 Å². The van der Waals surface area contributed by atoms with Crippen LogP contribution in [0.15, 0.2) is 54.7 Å². The van der Waals surface area contributed by atoms with Crippen LogP contribution < -0.4 is 0 Å². The number of nitrogens with zero attached hydrogens (tertiary/aromatic N) is 2. The van der Waals surface area contributed by atoms with Gasteiger partial charge in [-0.1, -0.05) is 29.8 Å². The second kappa shape index (κ2) is 5.18. The van der Waals surface area contributed by atoms with Crippen LogP contribution in [0.5, 0.6) is 0 Å². The standard InChI is InChI=1S/C18H11ClN2O2/c19-15-8-7-11(16-14(15)6-3-9-20-16)10-21-17(22)12-4-1-2-5-13(12)18(21)23/h1-9H,10H2. The summed E-state index contributed by atoms with van der Waals surface area (Å²) < 4.78 is 0. The van der Waals surface area contributed by atoms with Crippen molar-refractivity contribution in [1.29, 1.82) is 0 Å². The Balaban J connectivity index is 1.77. The van der Waals surface area contributed by atoms with E-state index in [0.29, 0.717) is 21.7 Å². The molecular formula is C18H11ClN2O2. The first kappa shape index (κ1) is 13.9. The van der Waals surface area contributed by atoms with Gasteiger partial charge in [-0.2, -0.15) is 0 Å². The van der Waals surface area contributed by atoms with E-state index in [1.165, 1.54) is 4.90 Å². The largest absolute Gasteiger partial charge is 0.270 e. The van der Waals surface area contributed by atoms with Crippen molar-refractivity contribution in [2.24, 2.45) is 0 Å². The minimum Gasteiger partial charge on any atom is -0.270 e.